The molecule has 74 valence electrons. The Hall–Kier alpha value is -0.0375. The predicted octanol–water partition coefficient (Wildman–Crippen LogP) is 0.276. The quantitative estimate of drug-likeness (QED) is 0.514. The molecule has 0 bridgehead atoms. The van der Waals surface area contributed by atoms with Gasteiger partial charge in [0.1, 0.15) is 0 Å². The number of hydrogen-bond donors (Lipinski definition) is 1. The molecular weight excluding hydrogens is 183 g/mol. The molecular formula is C9H17AlO3. The summed E-state index contributed by atoms with van der Waals surface area (Å²) in [4.78, 5) is 11.6. The van der Waals surface area contributed by atoms with Gasteiger partial charge in [0.05, 0.1) is 12.7 Å². The van der Waals surface area contributed by atoms with E-state index in [4.69, 9.17) is 4.74 Å². The minimum absolute atomic E-state index is 0.186. The number of carbonyl (C=O) groups excluding carboxylic acids is 1. The van der Waals surface area contributed by atoms with Crippen molar-refractivity contribution < 1.29 is 14.6 Å². The molecule has 1 rings (SSSR count). The fourth-order valence-electron chi connectivity index (χ4n) is 1.85. The van der Waals surface area contributed by atoms with Crippen LogP contribution in [0.25, 0.3) is 0 Å². The Morgan fingerprint density at radius 3 is 2.92 bits per heavy atom. The molecule has 13 heavy (non-hydrogen) atoms. The van der Waals surface area contributed by atoms with Crippen molar-refractivity contribution >= 4 is 22.3 Å². The van der Waals surface area contributed by atoms with Gasteiger partial charge in [0.15, 0.2) is 0 Å². The van der Waals surface area contributed by atoms with Crippen LogP contribution in [-0.4, -0.2) is 40.1 Å². The van der Waals surface area contributed by atoms with Crippen LogP contribution in [0.5, 0.6) is 0 Å². The molecule has 1 fully saturated rings. The fourth-order valence-corrected chi connectivity index (χ4v) is 2.64. The summed E-state index contributed by atoms with van der Waals surface area (Å²) >= 11 is 0.687. The maximum Gasteiger partial charge on any atom is 0.300 e. The molecule has 0 amide bonds. The van der Waals surface area contributed by atoms with Crippen molar-refractivity contribution in [3.05, 3.63) is 0 Å². The van der Waals surface area contributed by atoms with Gasteiger partial charge in [-0.05, 0) is 19.8 Å². The number of ether oxygens (including phenoxy) is 1. The Morgan fingerprint density at radius 1 is 1.69 bits per heavy atom. The van der Waals surface area contributed by atoms with Crippen molar-refractivity contribution in [1.29, 1.82) is 0 Å². The van der Waals surface area contributed by atoms with Crippen LogP contribution in [0.15, 0.2) is 0 Å². The normalized spacial score (nSPS) is 34.2. The molecule has 0 aromatic carbocycles. The van der Waals surface area contributed by atoms with Crippen LogP contribution in [0.2, 0.25) is 4.28 Å². The van der Waals surface area contributed by atoms with Gasteiger partial charge < -0.3 is 9.84 Å². The molecule has 0 heterocycles. The van der Waals surface area contributed by atoms with E-state index < -0.39 is 10.4 Å². The molecule has 0 aliphatic heterocycles. The molecule has 1 saturated carbocycles. The van der Waals surface area contributed by atoms with Crippen molar-refractivity contribution in [3.63, 3.8) is 0 Å². The average Bonchev–Trinajstić information content (AvgIpc) is 2.11. The summed E-state index contributed by atoms with van der Waals surface area (Å²) < 4.78 is 4.47. The highest BCUT2D eigenvalue weighted by molar-refractivity contribution is 6.27. The van der Waals surface area contributed by atoms with Crippen LogP contribution in [0.4, 0.5) is 0 Å². The third-order valence-electron chi connectivity index (χ3n) is 2.90. The number of aliphatic hydroxyl groups is 1. The lowest BCUT2D eigenvalue weighted by atomic mass is 9.85. The number of esters is 1. The molecule has 0 aromatic rings. The van der Waals surface area contributed by atoms with Gasteiger partial charge >= 0.3 is 0 Å². The van der Waals surface area contributed by atoms with E-state index in [0.29, 0.717) is 22.9 Å². The SMILES string of the molecule is CCOC(=O)[C@@]1([AlH2])CCCCC1O. The molecule has 1 aliphatic carbocycles. The minimum atomic E-state index is -0.520. The van der Waals surface area contributed by atoms with E-state index in [2.05, 4.69) is 0 Å². The monoisotopic (exact) mass is 200 g/mol. The first kappa shape index (κ1) is 11.0. The fraction of sp³-hybridized carbons (Fsp3) is 0.889. The van der Waals surface area contributed by atoms with Gasteiger partial charge in [-0.3, -0.25) is 4.79 Å². The van der Waals surface area contributed by atoms with Crippen molar-refractivity contribution in [2.75, 3.05) is 6.61 Å². The second kappa shape index (κ2) is 4.46. The maximum atomic E-state index is 11.6. The van der Waals surface area contributed by atoms with Crippen LogP contribution in [-0.2, 0) is 9.53 Å². The molecule has 1 aliphatic rings. The molecule has 2 atom stereocenters. The zero-order chi connectivity index (χ0) is 9.90. The van der Waals surface area contributed by atoms with Gasteiger partial charge in [0.25, 0.3) is 5.97 Å². The third-order valence-corrected chi connectivity index (χ3v) is 4.48. The number of rotatable bonds is 2. The Balaban J connectivity index is 2.65. The van der Waals surface area contributed by atoms with Crippen molar-refractivity contribution in [2.24, 2.45) is 0 Å². The second-order valence-corrected chi connectivity index (χ2v) is 5.68. The Bertz CT molecular complexity index is 195. The first-order valence-corrected chi connectivity index (χ1v) is 5.96. The maximum absolute atomic E-state index is 11.6. The van der Waals surface area contributed by atoms with Crippen LogP contribution in [0, 0.1) is 0 Å². The second-order valence-electron chi connectivity index (χ2n) is 3.90. The first-order valence-electron chi connectivity index (χ1n) is 4.96. The van der Waals surface area contributed by atoms with E-state index in [9.17, 15) is 9.90 Å². The Labute approximate surface area is 86.9 Å². The average molecular weight is 200 g/mol. The van der Waals surface area contributed by atoms with E-state index >= 15 is 0 Å². The van der Waals surface area contributed by atoms with Gasteiger partial charge in [0.2, 0.25) is 16.3 Å². The first-order chi connectivity index (χ1) is 6.11. The molecule has 3 nitrogen and oxygen atoms in total. The van der Waals surface area contributed by atoms with Gasteiger partial charge in [-0.15, -0.1) is 0 Å². The standard InChI is InChI=1S/C9H15O3.Al.2H/c1-2-12-9(11)7-5-3-4-6-8(7)10;;;/h8,10H,2-6H2,1H3;;;. The van der Waals surface area contributed by atoms with Gasteiger partial charge in [-0.25, -0.2) is 0 Å². The molecule has 0 aromatic heterocycles. The predicted molar refractivity (Wildman–Crippen MR) is 52.3 cm³/mol. The lowest BCUT2D eigenvalue weighted by molar-refractivity contribution is -0.151. The number of carbonyl (C=O) groups is 1. The topological polar surface area (TPSA) is 46.5 Å². The largest absolute Gasteiger partial charge is 0.466 e. The van der Waals surface area contributed by atoms with Crippen LogP contribution in [0.1, 0.15) is 32.6 Å². The summed E-state index contributed by atoms with van der Waals surface area (Å²) in [5, 5.41) is 9.76. The summed E-state index contributed by atoms with van der Waals surface area (Å²) in [5.41, 5.74) is 0. The lowest BCUT2D eigenvalue weighted by Gasteiger charge is -2.36. The molecule has 1 unspecified atom stereocenters. The lowest BCUT2D eigenvalue weighted by Crippen LogP contribution is -2.40. The van der Waals surface area contributed by atoms with E-state index in [-0.39, 0.29) is 5.97 Å². The zero-order valence-corrected chi connectivity index (χ0v) is 10.4. The van der Waals surface area contributed by atoms with Crippen LogP contribution >= 0.6 is 0 Å². The van der Waals surface area contributed by atoms with Crippen molar-refractivity contribution in [1.82, 2.24) is 0 Å². The highest BCUT2D eigenvalue weighted by atomic mass is 27.0. The van der Waals surface area contributed by atoms with Crippen molar-refractivity contribution in [2.45, 2.75) is 43.0 Å². The van der Waals surface area contributed by atoms with E-state index in [1.54, 1.807) is 6.92 Å². The van der Waals surface area contributed by atoms with E-state index in [1.165, 1.54) is 0 Å². The zero-order valence-electron chi connectivity index (χ0n) is 8.38. The number of hydrogen-bond acceptors (Lipinski definition) is 3. The van der Waals surface area contributed by atoms with E-state index in [0.717, 1.165) is 25.7 Å². The Morgan fingerprint density at radius 2 is 2.38 bits per heavy atom. The van der Waals surface area contributed by atoms with Crippen LogP contribution < -0.4 is 0 Å². The molecule has 1 N–H and O–H groups in total. The summed E-state index contributed by atoms with van der Waals surface area (Å²) in [6, 6.07) is 0. The molecule has 0 saturated heterocycles. The third kappa shape index (κ3) is 2.25. The van der Waals surface area contributed by atoms with Gasteiger partial charge in [-0.1, -0.05) is 12.8 Å². The van der Waals surface area contributed by atoms with E-state index in [1.807, 2.05) is 0 Å². The van der Waals surface area contributed by atoms with Gasteiger partial charge in [0, 0.05) is 4.28 Å². The Kier molecular flexibility index (Phi) is 3.78. The van der Waals surface area contributed by atoms with Gasteiger partial charge in [-0.2, -0.15) is 0 Å². The number of aliphatic hydroxyl groups excluding tert-OH is 1. The highest BCUT2D eigenvalue weighted by Crippen LogP contribution is 2.41. The highest BCUT2D eigenvalue weighted by Gasteiger charge is 2.42. The summed E-state index contributed by atoms with van der Waals surface area (Å²) in [6.45, 7) is 2.22. The van der Waals surface area contributed by atoms with Crippen molar-refractivity contribution in [3.8, 4) is 0 Å². The molecule has 0 spiro atoms. The smallest absolute Gasteiger partial charge is 0.300 e. The summed E-state index contributed by atoms with van der Waals surface area (Å²) in [5.74, 6) is -0.186. The summed E-state index contributed by atoms with van der Waals surface area (Å²) in [6.07, 6.45) is 3.16. The minimum Gasteiger partial charge on any atom is -0.466 e. The molecule has 0 radical (unpaired) electrons. The van der Waals surface area contributed by atoms with Crippen LogP contribution in [0.3, 0.4) is 0 Å². The summed E-state index contributed by atoms with van der Waals surface area (Å²) in [7, 11) is 0. The molecule has 4 heteroatoms.